The molecule has 2 amide bonds. The number of carbonyl (C=O) groups excluding carboxylic acids is 1. The Kier molecular flexibility index (Phi) is 2.39. The van der Waals surface area contributed by atoms with Crippen LogP contribution in [0.4, 0.5) is 10.5 Å². The summed E-state index contributed by atoms with van der Waals surface area (Å²) in [5.74, 6) is 0. The first-order chi connectivity index (χ1) is 7.09. The van der Waals surface area contributed by atoms with Gasteiger partial charge in [-0.25, -0.2) is 4.79 Å². The number of amides is 2. The van der Waals surface area contributed by atoms with Gasteiger partial charge in [-0.15, -0.1) is 0 Å². The average molecular weight is 204 g/mol. The topological polar surface area (TPSA) is 23.6 Å². The lowest BCUT2D eigenvalue weighted by Crippen LogP contribution is -2.29. The summed E-state index contributed by atoms with van der Waals surface area (Å²) in [5.41, 5.74) is 3.39. The van der Waals surface area contributed by atoms with Crippen LogP contribution in [-0.4, -0.2) is 31.1 Å². The third-order valence-electron chi connectivity index (χ3n) is 2.87. The van der Waals surface area contributed by atoms with E-state index in [1.807, 2.05) is 25.8 Å². The number of benzene rings is 1. The number of urea groups is 1. The SMILES string of the molecule is Cc1ccc(C)c(N2CCN(C)C2=O)c1. The fraction of sp³-hybridized carbons (Fsp3) is 0.417. The summed E-state index contributed by atoms with van der Waals surface area (Å²) in [6.07, 6.45) is 0. The second kappa shape index (κ2) is 3.57. The number of likely N-dealkylation sites (N-methyl/N-ethyl adjacent to an activating group) is 1. The van der Waals surface area contributed by atoms with Crippen LogP contribution in [0.3, 0.4) is 0 Å². The number of hydrogen-bond donors (Lipinski definition) is 0. The van der Waals surface area contributed by atoms with Gasteiger partial charge in [-0.3, -0.25) is 4.90 Å². The summed E-state index contributed by atoms with van der Waals surface area (Å²) in [6, 6.07) is 6.31. The predicted molar refractivity (Wildman–Crippen MR) is 61.3 cm³/mol. The lowest BCUT2D eigenvalue weighted by molar-refractivity contribution is 0.229. The molecule has 0 spiro atoms. The second-order valence-corrected chi connectivity index (χ2v) is 4.15. The molecule has 0 radical (unpaired) electrons. The van der Waals surface area contributed by atoms with Crippen LogP contribution in [-0.2, 0) is 0 Å². The van der Waals surface area contributed by atoms with Crippen molar-refractivity contribution in [2.24, 2.45) is 0 Å². The molecule has 3 heteroatoms. The second-order valence-electron chi connectivity index (χ2n) is 4.15. The Morgan fingerprint density at radius 3 is 2.53 bits per heavy atom. The molecule has 1 aliphatic rings. The highest BCUT2D eigenvalue weighted by Gasteiger charge is 2.27. The van der Waals surface area contributed by atoms with Crippen molar-refractivity contribution in [3.05, 3.63) is 29.3 Å². The van der Waals surface area contributed by atoms with Crippen LogP contribution in [0.1, 0.15) is 11.1 Å². The number of nitrogens with zero attached hydrogens (tertiary/aromatic N) is 2. The van der Waals surface area contributed by atoms with E-state index in [4.69, 9.17) is 0 Å². The molecule has 1 aromatic carbocycles. The quantitative estimate of drug-likeness (QED) is 0.687. The summed E-state index contributed by atoms with van der Waals surface area (Å²) in [6.45, 7) is 5.69. The van der Waals surface area contributed by atoms with E-state index in [9.17, 15) is 4.79 Å². The van der Waals surface area contributed by atoms with Gasteiger partial charge in [0.25, 0.3) is 0 Å². The molecule has 0 aliphatic carbocycles. The average Bonchev–Trinajstić information content (AvgIpc) is 2.52. The Labute approximate surface area is 90.3 Å². The van der Waals surface area contributed by atoms with Crippen molar-refractivity contribution >= 4 is 11.7 Å². The maximum absolute atomic E-state index is 11.8. The van der Waals surface area contributed by atoms with Crippen LogP contribution in [0.5, 0.6) is 0 Å². The molecule has 1 heterocycles. The highest BCUT2D eigenvalue weighted by Crippen LogP contribution is 2.24. The van der Waals surface area contributed by atoms with Gasteiger partial charge < -0.3 is 4.90 Å². The van der Waals surface area contributed by atoms with Crippen LogP contribution in [0.15, 0.2) is 18.2 Å². The largest absolute Gasteiger partial charge is 0.326 e. The lowest BCUT2D eigenvalue weighted by atomic mass is 10.1. The Bertz CT molecular complexity index is 401. The molecule has 1 aromatic rings. The molecule has 0 unspecified atom stereocenters. The summed E-state index contributed by atoms with van der Waals surface area (Å²) in [5, 5.41) is 0. The van der Waals surface area contributed by atoms with E-state index in [2.05, 4.69) is 18.2 Å². The molecular weight excluding hydrogens is 188 g/mol. The van der Waals surface area contributed by atoms with E-state index in [1.165, 1.54) is 5.56 Å². The van der Waals surface area contributed by atoms with Gasteiger partial charge >= 0.3 is 6.03 Å². The molecule has 3 nitrogen and oxygen atoms in total. The normalized spacial score (nSPS) is 16.3. The van der Waals surface area contributed by atoms with Gasteiger partial charge in [0.05, 0.1) is 0 Å². The molecule has 15 heavy (non-hydrogen) atoms. The van der Waals surface area contributed by atoms with Crippen LogP contribution in [0.2, 0.25) is 0 Å². The minimum absolute atomic E-state index is 0.101. The Morgan fingerprint density at radius 2 is 1.93 bits per heavy atom. The first-order valence-corrected chi connectivity index (χ1v) is 5.19. The summed E-state index contributed by atoms with van der Waals surface area (Å²) >= 11 is 0. The fourth-order valence-electron chi connectivity index (χ4n) is 1.88. The number of rotatable bonds is 1. The molecule has 1 aliphatic heterocycles. The first-order valence-electron chi connectivity index (χ1n) is 5.19. The van der Waals surface area contributed by atoms with Crippen LogP contribution in [0, 0.1) is 13.8 Å². The van der Waals surface area contributed by atoms with Crippen LogP contribution >= 0.6 is 0 Å². The number of carbonyl (C=O) groups is 1. The maximum atomic E-state index is 11.8. The van der Waals surface area contributed by atoms with E-state index in [0.717, 1.165) is 24.3 Å². The molecule has 0 atom stereocenters. The minimum atomic E-state index is 0.101. The Morgan fingerprint density at radius 1 is 1.20 bits per heavy atom. The number of anilines is 1. The Hall–Kier alpha value is -1.51. The molecule has 0 N–H and O–H groups in total. The van der Waals surface area contributed by atoms with E-state index < -0.39 is 0 Å². The summed E-state index contributed by atoms with van der Waals surface area (Å²) < 4.78 is 0. The fourth-order valence-corrected chi connectivity index (χ4v) is 1.88. The maximum Gasteiger partial charge on any atom is 0.324 e. The van der Waals surface area contributed by atoms with E-state index in [-0.39, 0.29) is 6.03 Å². The van der Waals surface area contributed by atoms with Crippen LogP contribution in [0.25, 0.3) is 0 Å². The molecule has 0 bridgehead atoms. The van der Waals surface area contributed by atoms with Crippen molar-refractivity contribution < 1.29 is 4.79 Å². The molecule has 80 valence electrons. The molecule has 2 rings (SSSR count). The zero-order valence-corrected chi connectivity index (χ0v) is 9.45. The number of aryl methyl sites for hydroxylation is 2. The molecule has 1 saturated heterocycles. The highest BCUT2D eigenvalue weighted by molar-refractivity contribution is 5.94. The van der Waals surface area contributed by atoms with Crippen molar-refractivity contribution in [1.82, 2.24) is 4.90 Å². The Balaban J connectivity index is 2.37. The summed E-state index contributed by atoms with van der Waals surface area (Å²) in [4.78, 5) is 15.4. The van der Waals surface area contributed by atoms with Crippen molar-refractivity contribution in [3.63, 3.8) is 0 Å². The van der Waals surface area contributed by atoms with E-state index in [0.29, 0.717) is 0 Å². The third kappa shape index (κ3) is 1.69. The van der Waals surface area contributed by atoms with Gasteiger partial charge in [0.1, 0.15) is 0 Å². The van der Waals surface area contributed by atoms with Gasteiger partial charge in [0.2, 0.25) is 0 Å². The van der Waals surface area contributed by atoms with Gasteiger partial charge in [0, 0.05) is 25.8 Å². The van der Waals surface area contributed by atoms with E-state index >= 15 is 0 Å². The smallest absolute Gasteiger partial charge is 0.324 e. The van der Waals surface area contributed by atoms with Gasteiger partial charge in [-0.2, -0.15) is 0 Å². The van der Waals surface area contributed by atoms with Crippen molar-refractivity contribution in [1.29, 1.82) is 0 Å². The van der Waals surface area contributed by atoms with E-state index in [1.54, 1.807) is 4.90 Å². The lowest BCUT2D eigenvalue weighted by Gasteiger charge is -2.18. The summed E-state index contributed by atoms with van der Waals surface area (Å²) in [7, 11) is 1.84. The molecule has 0 aromatic heterocycles. The van der Waals surface area contributed by atoms with Gasteiger partial charge in [-0.05, 0) is 31.0 Å². The number of hydrogen-bond acceptors (Lipinski definition) is 1. The predicted octanol–water partition coefficient (Wildman–Crippen LogP) is 2.18. The van der Waals surface area contributed by atoms with Crippen molar-refractivity contribution in [2.45, 2.75) is 13.8 Å². The van der Waals surface area contributed by atoms with Gasteiger partial charge in [-0.1, -0.05) is 12.1 Å². The molecule has 1 fully saturated rings. The highest BCUT2D eigenvalue weighted by atomic mass is 16.2. The van der Waals surface area contributed by atoms with Gasteiger partial charge in [0.15, 0.2) is 0 Å². The minimum Gasteiger partial charge on any atom is -0.326 e. The van der Waals surface area contributed by atoms with Crippen molar-refractivity contribution in [2.75, 3.05) is 25.0 Å². The van der Waals surface area contributed by atoms with Crippen LogP contribution < -0.4 is 4.90 Å². The van der Waals surface area contributed by atoms with Crippen molar-refractivity contribution in [3.8, 4) is 0 Å². The zero-order valence-electron chi connectivity index (χ0n) is 9.45. The monoisotopic (exact) mass is 204 g/mol. The zero-order chi connectivity index (χ0) is 11.0. The molecule has 0 saturated carbocycles. The first kappa shape index (κ1) is 10.0. The third-order valence-corrected chi connectivity index (χ3v) is 2.87. The molecular formula is C12H16N2O. The standard InChI is InChI=1S/C12H16N2O/c1-9-4-5-10(2)11(8-9)14-7-6-13(3)12(14)15/h4-5,8H,6-7H2,1-3H3.